The van der Waals surface area contributed by atoms with Gasteiger partial charge in [-0.2, -0.15) is 0 Å². The Balaban J connectivity index is 1.49. The minimum absolute atomic E-state index is 0.0525. The summed E-state index contributed by atoms with van der Waals surface area (Å²) < 4.78 is 0. The molecule has 1 amide bonds. The first kappa shape index (κ1) is 13.6. The summed E-state index contributed by atoms with van der Waals surface area (Å²) in [5.41, 5.74) is 3.36. The third-order valence-electron chi connectivity index (χ3n) is 4.26. The summed E-state index contributed by atoms with van der Waals surface area (Å²) in [6.07, 6.45) is 3.95. The number of piperidine rings is 1. The Bertz CT molecular complexity index is 481. The van der Waals surface area contributed by atoms with Gasteiger partial charge in [-0.15, -0.1) is 0 Å². The zero-order valence-electron chi connectivity index (χ0n) is 12.0. The molecule has 2 aliphatic rings. The van der Waals surface area contributed by atoms with E-state index in [4.69, 9.17) is 0 Å². The highest BCUT2D eigenvalue weighted by Gasteiger charge is 2.14. The predicted molar refractivity (Wildman–Crippen MR) is 79.6 cm³/mol. The molecule has 0 radical (unpaired) electrons. The molecular formula is C16H23N3O. The molecule has 4 nitrogen and oxygen atoms in total. The quantitative estimate of drug-likeness (QED) is 0.874. The second kappa shape index (κ2) is 6.37. The molecule has 1 aromatic rings. The SMILES string of the molecule is O=C(NCCN1CCCCC1)c1ccc2c(c1)CNC2. The van der Waals surface area contributed by atoms with E-state index in [-0.39, 0.29) is 5.91 Å². The van der Waals surface area contributed by atoms with E-state index in [1.165, 1.54) is 43.5 Å². The second-order valence-electron chi connectivity index (χ2n) is 5.75. The van der Waals surface area contributed by atoms with E-state index >= 15 is 0 Å². The molecule has 0 aromatic heterocycles. The van der Waals surface area contributed by atoms with Crippen LogP contribution in [0.1, 0.15) is 40.7 Å². The molecule has 0 aliphatic carbocycles. The third-order valence-corrected chi connectivity index (χ3v) is 4.26. The van der Waals surface area contributed by atoms with Crippen LogP contribution in [-0.4, -0.2) is 37.0 Å². The minimum Gasteiger partial charge on any atom is -0.351 e. The first-order valence-electron chi connectivity index (χ1n) is 7.66. The van der Waals surface area contributed by atoms with Gasteiger partial charge in [-0.1, -0.05) is 12.5 Å². The zero-order chi connectivity index (χ0) is 13.8. The number of hydrogen-bond donors (Lipinski definition) is 2. The van der Waals surface area contributed by atoms with Gasteiger partial charge in [0.25, 0.3) is 5.91 Å². The Labute approximate surface area is 120 Å². The van der Waals surface area contributed by atoms with E-state index in [0.29, 0.717) is 0 Å². The Morgan fingerprint density at radius 2 is 1.95 bits per heavy atom. The van der Waals surface area contributed by atoms with Gasteiger partial charge < -0.3 is 15.5 Å². The number of hydrogen-bond acceptors (Lipinski definition) is 3. The molecule has 0 bridgehead atoms. The van der Waals surface area contributed by atoms with Crippen molar-refractivity contribution < 1.29 is 4.79 Å². The van der Waals surface area contributed by atoms with Crippen LogP contribution in [0.15, 0.2) is 18.2 Å². The molecule has 2 aliphatic heterocycles. The van der Waals surface area contributed by atoms with Gasteiger partial charge in [-0.3, -0.25) is 4.79 Å². The molecule has 2 heterocycles. The van der Waals surface area contributed by atoms with Crippen molar-refractivity contribution in [3.05, 3.63) is 34.9 Å². The first-order valence-corrected chi connectivity index (χ1v) is 7.66. The number of amides is 1. The number of benzene rings is 1. The minimum atomic E-state index is 0.0525. The fourth-order valence-corrected chi connectivity index (χ4v) is 3.05. The molecule has 0 saturated carbocycles. The lowest BCUT2D eigenvalue weighted by Gasteiger charge is -2.26. The molecule has 108 valence electrons. The van der Waals surface area contributed by atoms with Gasteiger partial charge in [0.05, 0.1) is 0 Å². The molecule has 0 atom stereocenters. The van der Waals surface area contributed by atoms with Gasteiger partial charge in [0.15, 0.2) is 0 Å². The fourth-order valence-electron chi connectivity index (χ4n) is 3.05. The van der Waals surface area contributed by atoms with E-state index in [1.54, 1.807) is 0 Å². The largest absolute Gasteiger partial charge is 0.351 e. The van der Waals surface area contributed by atoms with Crippen molar-refractivity contribution in [1.29, 1.82) is 0 Å². The molecular weight excluding hydrogens is 250 g/mol. The summed E-state index contributed by atoms with van der Waals surface area (Å²) in [5.74, 6) is 0.0525. The van der Waals surface area contributed by atoms with E-state index in [0.717, 1.165) is 31.7 Å². The zero-order valence-corrected chi connectivity index (χ0v) is 12.0. The van der Waals surface area contributed by atoms with Crippen LogP contribution in [0.4, 0.5) is 0 Å². The van der Waals surface area contributed by atoms with Crippen LogP contribution >= 0.6 is 0 Å². The molecule has 4 heteroatoms. The lowest BCUT2D eigenvalue weighted by atomic mass is 10.1. The summed E-state index contributed by atoms with van der Waals surface area (Å²) in [6.45, 7) is 5.88. The van der Waals surface area contributed by atoms with Gasteiger partial charge in [0, 0.05) is 31.7 Å². The first-order chi connectivity index (χ1) is 9.83. The smallest absolute Gasteiger partial charge is 0.251 e. The molecule has 20 heavy (non-hydrogen) atoms. The van der Waals surface area contributed by atoms with Gasteiger partial charge in [0.1, 0.15) is 0 Å². The molecule has 1 aromatic carbocycles. The molecule has 3 rings (SSSR count). The van der Waals surface area contributed by atoms with Crippen LogP contribution in [0.3, 0.4) is 0 Å². The number of carbonyl (C=O) groups is 1. The lowest BCUT2D eigenvalue weighted by Crippen LogP contribution is -2.37. The van der Waals surface area contributed by atoms with Crippen LogP contribution in [-0.2, 0) is 13.1 Å². The van der Waals surface area contributed by atoms with Gasteiger partial charge in [-0.05, 0) is 49.2 Å². The maximum atomic E-state index is 12.1. The topological polar surface area (TPSA) is 44.4 Å². The van der Waals surface area contributed by atoms with Gasteiger partial charge in [-0.25, -0.2) is 0 Å². The number of likely N-dealkylation sites (tertiary alicyclic amines) is 1. The molecule has 1 saturated heterocycles. The van der Waals surface area contributed by atoms with E-state index in [2.05, 4.69) is 21.6 Å². The Morgan fingerprint density at radius 3 is 2.80 bits per heavy atom. The van der Waals surface area contributed by atoms with Crippen molar-refractivity contribution in [3.8, 4) is 0 Å². The lowest BCUT2D eigenvalue weighted by molar-refractivity contribution is 0.0946. The molecule has 2 N–H and O–H groups in total. The van der Waals surface area contributed by atoms with Crippen LogP contribution in [0.25, 0.3) is 0 Å². The molecule has 0 spiro atoms. The Kier molecular flexibility index (Phi) is 4.33. The van der Waals surface area contributed by atoms with E-state index < -0.39 is 0 Å². The van der Waals surface area contributed by atoms with Crippen LogP contribution in [0.2, 0.25) is 0 Å². The van der Waals surface area contributed by atoms with E-state index in [1.807, 2.05) is 12.1 Å². The Morgan fingerprint density at radius 1 is 1.15 bits per heavy atom. The number of nitrogens with zero attached hydrogens (tertiary/aromatic N) is 1. The number of carbonyl (C=O) groups excluding carboxylic acids is 1. The maximum Gasteiger partial charge on any atom is 0.251 e. The van der Waals surface area contributed by atoms with Crippen molar-refractivity contribution in [2.24, 2.45) is 0 Å². The Hall–Kier alpha value is -1.39. The second-order valence-corrected chi connectivity index (χ2v) is 5.75. The van der Waals surface area contributed by atoms with Gasteiger partial charge >= 0.3 is 0 Å². The molecule has 1 fully saturated rings. The average molecular weight is 273 g/mol. The average Bonchev–Trinajstić information content (AvgIpc) is 2.95. The van der Waals surface area contributed by atoms with Crippen molar-refractivity contribution in [1.82, 2.24) is 15.5 Å². The van der Waals surface area contributed by atoms with Gasteiger partial charge in [0.2, 0.25) is 0 Å². The predicted octanol–water partition coefficient (Wildman–Crippen LogP) is 1.51. The highest BCUT2D eigenvalue weighted by molar-refractivity contribution is 5.94. The van der Waals surface area contributed by atoms with Crippen molar-refractivity contribution >= 4 is 5.91 Å². The summed E-state index contributed by atoms with van der Waals surface area (Å²) >= 11 is 0. The summed E-state index contributed by atoms with van der Waals surface area (Å²) in [7, 11) is 0. The standard InChI is InChI=1S/C16H23N3O/c20-16(18-6-9-19-7-2-1-3-8-19)13-4-5-14-11-17-12-15(14)10-13/h4-5,10,17H,1-3,6-9,11-12H2,(H,18,20). The number of nitrogens with one attached hydrogen (secondary N) is 2. The highest BCUT2D eigenvalue weighted by atomic mass is 16.1. The fraction of sp³-hybridized carbons (Fsp3) is 0.562. The summed E-state index contributed by atoms with van der Waals surface area (Å²) in [4.78, 5) is 14.6. The van der Waals surface area contributed by atoms with Crippen LogP contribution in [0, 0.1) is 0 Å². The maximum absolute atomic E-state index is 12.1. The monoisotopic (exact) mass is 273 g/mol. The third kappa shape index (κ3) is 3.19. The molecule has 0 unspecified atom stereocenters. The van der Waals surface area contributed by atoms with Crippen LogP contribution < -0.4 is 10.6 Å². The highest BCUT2D eigenvalue weighted by Crippen LogP contribution is 2.16. The van der Waals surface area contributed by atoms with Crippen LogP contribution in [0.5, 0.6) is 0 Å². The number of rotatable bonds is 4. The van der Waals surface area contributed by atoms with E-state index in [9.17, 15) is 4.79 Å². The number of fused-ring (bicyclic) bond motifs is 1. The van der Waals surface area contributed by atoms with Crippen molar-refractivity contribution in [3.63, 3.8) is 0 Å². The summed E-state index contributed by atoms with van der Waals surface area (Å²) in [5, 5.41) is 6.34. The van der Waals surface area contributed by atoms with Crippen molar-refractivity contribution in [2.45, 2.75) is 32.4 Å². The van der Waals surface area contributed by atoms with Crippen molar-refractivity contribution in [2.75, 3.05) is 26.2 Å². The normalized spacial score (nSPS) is 18.8. The summed E-state index contributed by atoms with van der Waals surface area (Å²) in [6, 6.07) is 6.02.